The van der Waals surface area contributed by atoms with Crippen LogP contribution in [-0.2, 0) is 16.1 Å². The molecule has 0 spiro atoms. The molecule has 1 aromatic rings. The summed E-state index contributed by atoms with van der Waals surface area (Å²) in [4.78, 5) is 11.2. The van der Waals surface area contributed by atoms with E-state index < -0.39 is 0 Å². The lowest BCUT2D eigenvalue weighted by molar-refractivity contribution is -0.120. The van der Waals surface area contributed by atoms with E-state index in [9.17, 15) is 4.79 Å². The van der Waals surface area contributed by atoms with Crippen molar-refractivity contribution in [1.29, 1.82) is 0 Å². The molecule has 0 aliphatic heterocycles. The second-order valence-electron chi connectivity index (χ2n) is 4.54. The molecule has 0 aromatic heterocycles. The molecule has 17 heavy (non-hydrogen) atoms. The average Bonchev–Trinajstić information content (AvgIpc) is 2.29. The molecule has 1 amide bonds. The Balaban J connectivity index is 2.32. The Morgan fingerprint density at radius 1 is 1.35 bits per heavy atom. The maximum absolute atomic E-state index is 11.2. The van der Waals surface area contributed by atoms with Crippen molar-refractivity contribution in [2.75, 3.05) is 11.9 Å². The van der Waals surface area contributed by atoms with Crippen molar-refractivity contribution in [2.45, 2.75) is 26.0 Å². The van der Waals surface area contributed by atoms with Gasteiger partial charge in [-0.1, -0.05) is 46.3 Å². The third-order valence-electron chi connectivity index (χ3n) is 2.17. The molecular weight excluding hydrogens is 282 g/mol. The minimum absolute atomic E-state index is 0.0293. The number of alkyl halides is 1. The largest absolute Gasteiger partial charge is 0.374 e. The maximum Gasteiger partial charge on any atom is 0.231 e. The third kappa shape index (κ3) is 5.84. The molecule has 0 atom stereocenters. The molecule has 0 heterocycles. The van der Waals surface area contributed by atoms with Crippen LogP contribution in [-0.4, -0.2) is 23.4 Å². The number of halogens is 1. The summed E-state index contributed by atoms with van der Waals surface area (Å²) >= 11 is 3.12. The van der Waals surface area contributed by atoms with Crippen molar-refractivity contribution in [3.8, 4) is 0 Å². The van der Waals surface area contributed by atoms with Crippen LogP contribution in [0.3, 0.4) is 0 Å². The summed E-state index contributed by atoms with van der Waals surface area (Å²) in [6.45, 7) is 4.94. The molecule has 0 aliphatic rings. The van der Waals surface area contributed by atoms with Crippen molar-refractivity contribution >= 4 is 21.8 Å². The molecule has 4 heteroatoms. The van der Waals surface area contributed by atoms with Gasteiger partial charge in [-0.15, -0.1) is 0 Å². The van der Waals surface area contributed by atoms with E-state index in [0.717, 1.165) is 5.56 Å². The standard InChI is InChI=1S/C13H18BrNO2/c1-13(2,15-12(16)8-14)10-17-9-11-6-4-3-5-7-11/h3-7H,8-10H2,1-2H3,(H,15,16). The van der Waals surface area contributed by atoms with E-state index in [1.165, 1.54) is 0 Å². The first-order valence-corrected chi connectivity index (χ1v) is 6.64. The number of nitrogens with one attached hydrogen (secondary N) is 1. The number of ether oxygens (including phenoxy) is 1. The monoisotopic (exact) mass is 299 g/mol. The fraction of sp³-hybridized carbons (Fsp3) is 0.462. The smallest absolute Gasteiger partial charge is 0.231 e. The van der Waals surface area contributed by atoms with E-state index in [1.807, 2.05) is 44.2 Å². The number of amides is 1. The van der Waals surface area contributed by atoms with E-state index in [1.54, 1.807) is 0 Å². The number of carbonyl (C=O) groups is 1. The van der Waals surface area contributed by atoms with E-state index in [2.05, 4.69) is 21.2 Å². The summed E-state index contributed by atoms with van der Waals surface area (Å²) in [6.07, 6.45) is 0. The first-order chi connectivity index (χ1) is 8.03. The van der Waals surface area contributed by atoms with E-state index in [-0.39, 0.29) is 11.4 Å². The zero-order valence-corrected chi connectivity index (χ0v) is 11.8. The highest BCUT2D eigenvalue weighted by Crippen LogP contribution is 2.06. The summed E-state index contributed by atoms with van der Waals surface area (Å²) < 4.78 is 5.60. The second kappa shape index (κ2) is 6.77. The molecule has 94 valence electrons. The Labute approximate surface area is 111 Å². The van der Waals surface area contributed by atoms with Gasteiger partial charge >= 0.3 is 0 Å². The summed E-state index contributed by atoms with van der Waals surface area (Å²) in [5, 5.41) is 3.20. The predicted octanol–water partition coefficient (Wildman–Crippen LogP) is 2.49. The quantitative estimate of drug-likeness (QED) is 0.820. The lowest BCUT2D eigenvalue weighted by Gasteiger charge is -2.25. The molecule has 0 unspecified atom stereocenters. The van der Waals surface area contributed by atoms with Gasteiger partial charge in [0.15, 0.2) is 0 Å². The van der Waals surface area contributed by atoms with Crippen molar-refractivity contribution in [3.05, 3.63) is 35.9 Å². The van der Waals surface area contributed by atoms with Crippen LogP contribution < -0.4 is 5.32 Å². The summed E-state index contributed by atoms with van der Waals surface area (Å²) in [6, 6.07) is 9.98. The Kier molecular flexibility index (Phi) is 5.65. The van der Waals surface area contributed by atoms with Gasteiger partial charge in [0.05, 0.1) is 24.1 Å². The minimum atomic E-state index is -0.348. The van der Waals surface area contributed by atoms with Crippen LogP contribution in [0.15, 0.2) is 30.3 Å². The number of rotatable bonds is 6. The molecular formula is C13H18BrNO2. The predicted molar refractivity (Wildman–Crippen MR) is 72.1 cm³/mol. The Bertz CT molecular complexity index is 352. The molecule has 0 bridgehead atoms. The van der Waals surface area contributed by atoms with Crippen LogP contribution >= 0.6 is 15.9 Å². The molecule has 1 rings (SSSR count). The average molecular weight is 300 g/mol. The fourth-order valence-corrected chi connectivity index (χ4v) is 1.59. The van der Waals surface area contributed by atoms with Crippen LogP contribution in [0.25, 0.3) is 0 Å². The van der Waals surface area contributed by atoms with Crippen LogP contribution in [0.2, 0.25) is 0 Å². The van der Waals surface area contributed by atoms with Crippen molar-refractivity contribution in [1.82, 2.24) is 5.32 Å². The Morgan fingerprint density at radius 2 is 2.00 bits per heavy atom. The van der Waals surface area contributed by atoms with Gasteiger partial charge in [0.1, 0.15) is 0 Å². The Morgan fingerprint density at radius 3 is 2.59 bits per heavy atom. The van der Waals surface area contributed by atoms with Gasteiger partial charge < -0.3 is 10.1 Å². The molecule has 0 fully saturated rings. The van der Waals surface area contributed by atoms with Crippen molar-refractivity contribution in [2.24, 2.45) is 0 Å². The molecule has 0 aliphatic carbocycles. The lowest BCUT2D eigenvalue weighted by Crippen LogP contribution is -2.47. The molecule has 3 nitrogen and oxygen atoms in total. The molecule has 0 radical (unpaired) electrons. The second-order valence-corrected chi connectivity index (χ2v) is 5.10. The van der Waals surface area contributed by atoms with E-state index >= 15 is 0 Å². The molecule has 0 saturated heterocycles. The van der Waals surface area contributed by atoms with Gasteiger partial charge in [-0.25, -0.2) is 0 Å². The maximum atomic E-state index is 11.2. The minimum Gasteiger partial charge on any atom is -0.374 e. The van der Waals surface area contributed by atoms with Crippen molar-refractivity contribution in [3.63, 3.8) is 0 Å². The number of benzene rings is 1. The molecule has 0 saturated carbocycles. The van der Waals surface area contributed by atoms with Gasteiger partial charge in [-0.3, -0.25) is 4.79 Å². The number of carbonyl (C=O) groups excluding carboxylic acids is 1. The normalized spacial score (nSPS) is 11.2. The highest BCUT2D eigenvalue weighted by atomic mass is 79.9. The summed E-state index contributed by atoms with van der Waals surface area (Å²) in [5.74, 6) is -0.0293. The zero-order chi connectivity index (χ0) is 12.7. The summed E-state index contributed by atoms with van der Waals surface area (Å²) in [7, 11) is 0. The van der Waals surface area contributed by atoms with Gasteiger partial charge in [0.2, 0.25) is 5.91 Å². The third-order valence-corrected chi connectivity index (χ3v) is 2.68. The van der Waals surface area contributed by atoms with Crippen LogP contribution in [0, 0.1) is 0 Å². The van der Waals surface area contributed by atoms with E-state index in [0.29, 0.717) is 18.5 Å². The topological polar surface area (TPSA) is 38.3 Å². The summed E-state index contributed by atoms with van der Waals surface area (Å²) in [5.41, 5.74) is 0.787. The number of hydrogen-bond acceptors (Lipinski definition) is 2. The highest BCUT2D eigenvalue weighted by Gasteiger charge is 2.19. The van der Waals surface area contributed by atoms with Gasteiger partial charge in [-0.2, -0.15) is 0 Å². The number of hydrogen-bond donors (Lipinski definition) is 1. The van der Waals surface area contributed by atoms with Gasteiger partial charge in [0, 0.05) is 0 Å². The molecule has 1 aromatic carbocycles. The Hall–Kier alpha value is -0.870. The van der Waals surface area contributed by atoms with Crippen LogP contribution in [0.5, 0.6) is 0 Å². The van der Waals surface area contributed by atoms with Crippen molar-refractivity contribution < 1.29 is 9.53 Å². The van der Waals surface area contributed by atoms with Crippen LogP contribution in [0.1, 0.15) is 19.4 Å². The lowest BCUT2D eigenvalue weighted by atomic mass is 10.1. The van der Waals surface area contributed by atoms with E-state index in [4.69, 9.17) is 4.74 Å². The SMILES string of the molecule is CC(C)(COCc1ccccc1)NC(=O)CBr. The first kappa shape index (κ1) is 14.2. The fourth-order valence-electron chi connectivity index (χ4n) is 1.45. The zero-order valence-electron chi connectivity index (χ0n) is 10.2. The highest BCUT2D eigenvalue weighted by molar-refractivity contribution is 9.09. The molecule has 1 N–H and O–H groups in total. The van der Waals surface area contributed by atoms with Gasteiger partial charge in [-0.05, 0) is 19.4 Å². The van der Waals surface area contributed by atoms with Crippen LogP contribution in [0.4, 0.5) is 0 Å². The van der Waals surface area contributed by atoms with Gasteiger partial charge in [0.25, 0.3) is 0 Å². The first-order valence-electron chi connectivity index (χ1n) is 5.52.